The molecule has 0 saturated carbocycles. The summed E-state index contributed by atoms with van der Waals surface area (Å²) in [5.41, 5.74) is 0.793. The highest BCUT2D eigenvalue weighted by molar-refractivity contribution is 9.11. The van der Waals surface area contributed by atoms with Crippen LogP contribution in [0.5, 0.6) is 0 Å². The molecule has 2 aromatic rings. The minimum Gasteiger partial charge on any atom is -0.357 e. The predicted octanol–water partition coefficient (Wildman–Crippen LogP) is 4.00. The Morgan fingerprint density at radius 2 is 2.00 bits per heavy atom. The predicted molar refractivity (Wildman–Crippen MR) is 88.1 cm³/mol. The van der Waals surface area contributed by atoms with E-state index in [-0.39, 0.29) is 17.2 Å². The van der Waals surface area contributed by atoms with Gasteiger partial charge in [-0.3, -0.25) is 10.1 Å². The van der Waals surface area contributed by atoms with Crippen LogP contribution in [0, 0.1) is 17.0 Å². The summed E-state index contributed by atoms with van der Waals surface area (Å²) in [6, 6.07) is 5.48. The van der Waals surface area contributed by atoms with Crippen LogP contribution in [0.4, 0.5) is 23.1 Å². The number of hydrogen-bond donors (Lipinski definition) is 2. The minimum absolute atomic E-state index is 0.135. The summed E-state index contributed by atoms with van der Waals surface area (Å²) in [6.07, 6.45) is 0. The Morgan fingerprint density at radius 1 is 1.29 bits per heavy atom. The SMILES string of the molecule is CNc1nc(C)c([N+](=O)[O-])c(Nc2cc(Br)ccc2Br)n1. The average molecular weight is 417 g/mol. The summed E-state index contributed by atoms with van der Waals surface area (Å²) in [4.78, 5) is 18.9. The van der Waals surface area contributed by atoms with E-state index in [2.05, 4.69) is 52.5 Å². The topological polar surface area (TPSA) is 93.0 Å². The number of benzene rings is 1. The molecule has 7 nitrogen and oxygen atoms in total. The maximum absolute atomic E-state index is 11.2. The van der Waals surface area contributed by atoms with Gasteiger partial charge in [-0.05, 0) is 41.1 Å². The van der Waals surface area contributed by atoms with Gasteiger partial charge in [0.15, 0.2) is 0 Å². The molecule has 0 spiro atoms. The molecule has 0 fully saturated rings. The lowest BCUT2D eigenvalue weighted by Crippen LogP contribution is -2.07. The highest BCUT2D eigenvalue weighted by Gasteiger charge is 2.22. The first-order chi connectivity index (χ1) is 9.92. The van der Waals surface area contributed by atoms with Crippen LogP contribution in [0.25, 0.3) is 0 Å². The lowest BCUT2D eigenvalue weighted by Gasteiger charge is -2.11. The van der Waals surface area contributed by atoms with Crippen molar-refractivity contribution in [3.05, 3.63) is 43.0 Å². The van der Waals surface area contributed by atoms with E-state index in [1.54, 1.807) is 20.0 Å². The van der Waals surface area contributed by atoms with Crippen molar-refractivity contribution < 1.29 is 4.92 Å². The molecule has 0 unspecified atom stereocenters. The van der Waals surface area contributed by atoms with E-state index in [0.717, 1.165) is 8.95 Å². The van der Waals surface area contributed by atoms with Crippen LogP contribution < -0.4 is 10.6 Å². The molecule has 1 aromatic carbocycles. The Kier molecular flexibility index (Phi) is 4.73. The number of anilines is 3. The first kappa shape index (κ1) is 15.6. The van der Waals surface area contributed by atoms with Crippen molar-refractivity contribution in [2.75, 3.05) is 17.7 Å². The van der Waals surface area contributed by atoms with Crippen LogP contribution in [0.3, 0.4) is 0 Å². The van der Waals surface area contributed by atoms with Gasteiger partial charge in [0, 0.05) is 16.0 Å². The summed E-state index contributed by atoms with van der Waals surface area (Å²) in [5.74, 6) is 0.447. The zero-order chi connectivity index (χ0) is 15.6. The van der Waals surface area contributed by atoms with Crippen molar-refractivity contribution in [1.82, 2.24) is 9.97 Å². The van der Waals surface area contributed by atoms with E-state index in [1.165, 1.54) is 0 Å². The monoisotopic (exact) mass is 415 g/mol. The van der Waals surface area contributed by atoms with E-state index >= 15 is 0 Å². The number of nitrogens with one attached hydrogen (secondary N) is 2. The quantitative estimate of drug-likeness (QED) is 0.577. The molecule has 0 radical (unpaired) electrons. The van der Waals surface area contributed by atoms with Gasteiger partial charge in [-0.1, -0.05) is 15.9 Å². The third-order valence-electron chi connectivity index (χ3n) is 2.65. The first-order valence-electron chi connectivity index (χ1n) is 5.85. The van der Waals surface area contributed by atoms with Crippen molar-refractivity contribution >= 4 is 55.0 Å². The molecule has 2 rings (SSSR count). The molecule has 0 aliphatic carbocycles. The number of halogens is 2. The number of nitrogens with zero attached hydrogens (tertiary/aromatic N) is 3. The van der Waals surface area contributed by atoms with Gasteiger partial charge < -0.3 is 10.6 Å². The largest absolute Gasteiger partial charge is 0.357 e. The Hall–Kier alpha value is -1.74. The Labute approximate surface area is 137 Å². The van der Waals surface area contributed by atoms with Crippen molar-refractivity contribution in [3.63, 3.8) is 0 Å². The van der Waals surface area contributed by atoms with E-state index in [9.17, 15) is 10.1 Å². The Bertz CT molecular complexity index is 708. The van der Waals surface area contributed by atoms with E-state index in [0.29, 0.717) is 11.6 Å². The summed E-state index contributed by atoms with van der Waals surface area (Å²) < 4.78 is 1.61. The molecule has 2 N–H and O–H groups in total. The van der Waals surface area contributed by atoms with Gasteiger partial charge in [0.1, 0.15) is 5.69 Å². The minimum atomic E-state index is -0.497. The highest BCUT2D eigenvalue weighted by Crippen LogP contribution is 2.33. The van der Waals surface area contributed by atoms with E-state index < -0.39 is 4.92 Å². The van der Waals surface area contributed by atoms with Gasteiger partial charge in [0.25, 0.3) is 0 Å². The summed E-state index contributed by atoms with van der Waals surface area (Å²) in [6.45, 7) is 1.57. The van der Waals surface area contributed by atoms with Crippen molar-refractivity contribution in [2.24, 2.45) is 0 Å². The van der Waals surface area contributed by atoms with Crippen molar-refractivity contribution in [2.45, 2.75) is 6.92 Å². The molecule has 0 amide bonds. The fourth-order valence-electron chi connectivity index (χ4n) is 1.71. The van der Waals surface area contributed by atoms with Crippen LogP contribution in [-0.2, 0) is 0 Å². The number of hydrogen-bond acceptors (Lipinski definition) is 6. The Balaban J connectivity index is 2.54. The molecule has 1 aromatic heterocycles. The maximum atomic E-state index is 11.2. The van der Waals surface area contributed by atoms with Gasteiger partial charge in [-0.15, -0.1) is 0 Å². The van der Waals surface area contributed by atoms with Gasteiger partial charge in [-0.25, -0.2) is 4.98 Å². The van der Waals surface area contributed by atoms with Crippen LogP contribution >= 0.6 is 31.9 Å². The van der Waals surface area contributed by atoms with Gasteiger partial charge >= 0.3 is 5.69 Å². The third-order valence-corrected chi connectivity index (χ3v) is 3.83. The lowest BCUT2D eigenvalue weighted by atomic mass is 10.3. The van der Waals surface area contributed by atoms with Gasteiger partial charge in [0.2, 0.25) is 11.8 Å². The molecule has 0 aliphatic heterocycles. The summed E-state index contributed by atoms with van der Waals surface area (Å²) >= 11 is 6.75. The number of aromatic nitrogens is 2. The molecule has 0 aliphatic rings. The fraction of sp³-hybridized carbons (Fsp3) is 0.167. The summed E-state index contributed by atoms with van der Waals surface area (Å²) in [5, 5.41) is 17.0. The third kappa shape index (κ3) is 3.48. The first-order valence-corrected chi connectivity index (χ1v) is 7.44. The lowest BCUT2D eigenvalue weighted by molar-refractivity contribution is -0.385. The molecule has 0 bridgehead atoms. The second kappa shape index (κ2) is 6.35. The van der Waals surface area contributed by atoms with Crippen molar-refractivity contribution in [3.8, 4) is 0 Å². The standard InChI is InChI=1S/C12H11Br2N5O2/c1-6-10(19(20)21)11(18-12(15-2)16-6)17-9-5-7(13)3-4-8(9)14/h3-5H,1-2H3,(H2,15,16,17,18). The Morgan fingerprint density at radius 3 is 2.62 bits per heavy atom. The number of aryl methyl sites for hydroxylation is 1. The summed E-state index contributed by atoms with van der Waals surface area (Å²) in [7, 11) is 1.65. The van der Waals surface area contributed by atoms with Crippen LogP contribution in [0.2, 0.25) is 0 Å². The van der Waals surface area contributed by atoms with Crippen LogP contribution in [0.1, 0.15) is 5.69 Å². The zero-order valence-electron chi connectivity index (χ0n) is 11.1. The molecule has 1 heterocycles. The van der Waals surface area contributed by atoms with Crippen LogP contribution in [0.15, 0.2) is 27.1 Å². The van der Waals surface area contributed by atoms with Crippen LogP contribution in [-0.4, -0.2) is 21.9 Å². The molecule has 110 valence electrons. The number of rotatable bonds is 4. The fourth-order valence-corrected chi connectivity index (χ4v) is 2.41. The van der Waals surface area contributed by atoms with E-state index in [4.69, 9.17) is 0 Å². The number of nitro groups is 1. The van der Waals surface area contributed by atoms with E-state index in [1.807, 2.05) is 12.1 Å². The highest BCUT2D eigenvalue weighted by atomic mass is 79.9. The van der Waals surface area contributed by atoms with Crippen molar-refractivity contribution in [1.29, 1.82) is 0 Å². The average Bonchev–Trinajstić information content (AvgIpc) is 2.41. The molecular weight excluding hydrogens is 406 g/mol. The molecular formula is C12H11Br2N5O2. The normalized spacial score (nSPS) is 10.3. The molecule has 21 heavy (non-hydrogen) atoms. The smallest absolute Gasteiger partial charge is 0.332 e. The second-order valence-corrected chi connectivity index (χ2v) is 5.86. The van der Waals surface area contributed by atoms with Gasteiger partial charge in [0.05, 0.1) is 10.6 Å². The molecule has 0 atom stereocenters. The zero-order valence-corrected chi connectivity index (χ0v) is 14.3. The van der Waals surface area contributed by atoms with Gasteiger partial charge in [-0.2, -0.15) is 4.98 Å². The second-order valence-electron chi connectivity index (χ2n) is 4.09. The maximum Gasteiger partial charge on any atom is 0.332 e. The molecule has 9 heteroatoms. The molecule has 0 saturated heterocycles.